The summed E-state index contributed by atoms with van der Waals surface area (Å²) in [4.78, 5) is 10.7. The Labute approximate surface area is 103 Å². The third-order valence-electron chi connectivity index (χ3n) is 2.58. The van der Waals surface area contributed by atoms with Crippen molar-refractivity contribution in [1.29, 1.82) is 0 Å². The highest BCUT2D eigenvalue weighted by Crippen LogP contribution is 2.26. The fourth-order valence-electron chi connectivity index (χ4n) is 1.46. The van der Waals surface area contributed by atoms with Gasteiger partial charge in [0.15, 0.2) is 6.29 Å². The van der Waals surface area contributed by atoms with E-state index in [0.717, 1.165) is 11.6 Å². The van der Waals surface area contributed by atoms with Crippen LogP contribution in [-0.2, 0) is 0 Å². The Kier molecular flexibility index (Phi) is 4.34. The van der Waals surface area contributed by atoms with Crippen molar-refractivity contribution in [1.82, 2.24) is 0 Å². The highest BCUT2D eigenvalue weighted by molar-refractivity contribution is 6.76. The third kappa shape index (κ3) is 4.23. The number of carbonyl (C=O) groups is 1. The van der Waals surface area contributed by atoms with E-state index in [4.69, 9.17) is 4.74 Å². The van der Waals surface area contributed by atoms with Crippen LogP contribution in [-0.4, -0.2) is 26.1 Å². The second-order valence-electron chi connectivity index (χ2n) is 5.45. The van der Waals surface area contributed by atoms with Crippen molar-refractivity contribution >= 4 is 14.4 Å². The topological polar surface area (TPSA) is 46.5 Å². The first-order chi connectivity index (χ1) is 7.83. The molecule has 0 heterocycles. The lowest BCUT2D eigenvalue weighted by atomic mass is 10.1. The summed E-state index contributed by atoms with van der Waals surface area (Å²) in [7, 11) is -1.10. The summed E-state index contributed by atoms with van der Waals surface area (Å²) in [6.07, 6.45) is 0.663. The standard InChI is InChI=1S/C13H20O3Si/c1-10-7-11(8-13(15)12(10)9-14)16-5-6-17(2,3)4/h7-9,15H,5-6H2,1-4H3. The highest BCUT2D eigenvalue weighted by Gasteiger charge is 2.13. The number of phenols is 1. The van der Waals surface area contributed by atoms with Crippen molar-refractivity contribution in [3.63, 3.8) is 0 Å². The van der Waals surface area contributed by atoms with Crippen LogP contribution in [0.4, 0.5) is 0 Å². The second-order valence-corrected chi connectivity index (χ2v) is 11.1. The first kappa shape index (κ1) is 13.8. The molecule has 0 bridgehead atoms. The summed E-state index contributed by atoms with van der Waals surface area (Å²) in [5, 5.41) is 9.63. The molecule has 0 unspecified atom stereocenters. The van der Waals surface area contributed by atoms with Gasteiger partial charge in [-0.2, -0.15) is 0 Å². The maximum atomic E-state index is 10.7. The van der Waals surface area contributed by atoms with E-state index in [1.165, 1.54) is 6.07 Å². The fourth-order valence-corrected chi connectivity index (χ4v) is 2.17. The molecule has 0 fully saturated rings. The van der Waals surface area contributed by atoms with Crippen molar-refractivity contribution in [2.24, 2.45) is 0 Å². The molecular weight excluding hydrogens is 232 g/mol. The van der Waals surface area contributed by atoms with Gasteiger partial charge in [0.1, 0.15) is 11.5 Å². The minimum Gasteiger partial charge on any atom is -0.507 e. The van der Waals surface area contributed by atoms with Gasteiger partial charge >= 0.3 is 0 Å². The van der Waals surface area contributed by atoms with E-state index in [2.05, 4.69) is 19.6 Å². The molecule has 0 aliphatic rings. The number of benzene rings is 1. The Morgan fingerprint density at radius 3 is 2.47 bits per heavy atom. The number of carbonyl (C=O) groups excluding carboxylic acids is 1. The zero-order chi connectivity index (χ0) is 13.1. The van der Waals surface area contributed by atoms with Crippen molar-refractivity contribution in [3.05, 3.63) is 23.3 Å². The zero-order valence-corrected chi connectivity index (χ0v) is 11.9. The van der Waals surface area contributed by atoms with Gasteiger partial charge in [0.05, 0.1) is 12.2 Å². The summed E-state index contributed by atoms with van der Waals surface area (Å²) in [5.41, 5.74) is 1.07. The number of phenolic OH excluding ortho intramolecular Hbond substituents is 1. The molecule has 0 aliphatic heterocycles. The lowest BCUT2D eigenvalue weighted by molar-refractivity contribution is 0.112. The molecule has 0 saturated heterocycles. The molecule has 0 radical (unpaired) electrons. The molecule has 0 aromatic heterocycles. The van der Waals surface area contributed by atoms with Crippen LogP contribution in [0.3, 0.4) is 0 Å². The Balaban J connectivity index is 2.71. The third-order valence-corrected chi connectivity index (χ3v) is 4.28. The molecule has 0 saturated carbocycles. The molecule has 0 aliphatic carbocycles. The predicted molar refractivity (Wildman–Crippen MR) is 71.9 cm³/mol. The highest BCUT2D eigenvalue weighted by atomic mass is 28.3. The molecular formula is C13H20O3Si. The van der Waals surface area contributed by atoms with Crippen LogP contribution in [0.2, 0.25) is 25.7 Å². The minimum atomic E-state index is -1.10. The average molecular weight is 252 g/mol. The molecule has 3 nitrogen and oxygen atoms in total. The summed E-state index contributed by atoms with van der Waals surface area (Å²) in [6, 6.07) is 4.36. The molecule has 1 rings (SSSR count). The van der Waals surface area contributed by atoms with Crippen molar-refractivity contribution in [3.8, 4) is 11.5 Å². The van der Waals surface area contributed by atoms with E-state index in [1.54, 1.807) is 13.0 Å². The summed E-state index contributed by atoms with van der Waals surface area (Å²) in [5.74, 6) is 0.617. The largest absolute Gasteiger partial charge is 0.507 e. The number of aromatic hydroxyl groups is 1. The lowest BCUT2D eigenvalue weighted by Crippen LogP contribution is -2.22. The number of ether oxygens (including phenoxy) is 1. The van der Waals surface area contributed by atoms with Crippen molar-refractivity contribution < 1.29 is 14.6 Å². The molecule has 94 valence electrons. The minimum absolute atomic E-state index is 0.0111. The van der Waals surface area contributed by atoms with Gasteiger partial charge in [-0.25, -0.2) is 0 Å². The monoisotopic (exact) mass is 252 g/mol. The van der Waals surface area contributed by atoms with E-state index in [0.29, 0.717) is 24.2 Å². The van der Waals surface area contributed by atoms with Crippen LogP contribution in [0.15, 0.2) is 12.1 Å². The van der Waals surface area contributed by atoms with Gasteiger partial charge in [-0.3, -0.25) is 4.79 Å². The fraction of sp³-hybridized carbons (Fsp3) is 0.462. The van der Waals surface area contributed by atoms with Gasteiger partial charge in [0.25, 0.3) is 0 Å². The smallest absolute Gasteiger partial charge is 0.154 e. The molecule has 1 N–H and O–H groups in total. The van der Waals surface area contributed by atoms with Crippen molar-refractivity contribution in [2.75, 3.05) is 6.61 Å². The van der Waals surface area contributed by atoms with Gasteiger partial charge in [-0.05, 0) is 24.6 Å². The Morgan fingerprint density at radius 1 is 1.35 bits per heavy atom. The average Bonchev–Trinajstić information content (AvgIpc) is 2.15. The van der Waals surface area contributed by atoms with E-state index < -0.39 is 8.07 Å². The van der Waals surface area contributed by atoms with Crippen molar-refractivity contribution in [2.45, 2.75) is 32.6 Å². The van der Waals surface area contributed by atoms with Gasteiger partial charge in [0.2, 0.25) is 0 Å². The first-order valence-corrected chi connectivity index (χ1v) is 9.46. The van der Waals surface area contributed by atoms with Gasteiger partial charge in [0, 0.05) is 14.1 Å². The van der Waals surface area contributed by atoms with Crippen LogP contribution in [0.25, 0.3) is 0 Å². The zero-order valence-electron chi connectivity index (χ0n) is 10.9. The summed E-state index contributed by atoms with van der Waals surface area (Å²) >= 11 is 0. The molecule has 0 atom stereocenters. The molecule has 0 amide bonds. The summed E-state index contributed by atoms with van der Waals surface area (Å²) in [6.45, 7) is 9.31. The molecule has 1 aromatic carbocycles. The number of hydrogen-bond acceptors (Lipinski definition) is 3. The molecule has 0 spiro atoms. The van der Waals surface area contributed by atoms with E-state index in [1.807, 2.05) is 0 Å². The van der Waals surface area contributed by atoms with E-state index >= 15 is 0 Å². The second kappa shape index (κ2) is 5.36. The Bertz CT molecular complexity index is 385. The SMILES string of the molecule is Cc1cc(OCC[Si](C)(C)C)cc(O)c1C=O. The summed E-state index contributed by atoms with van der Waals surface area (Å²) < 4.78 is 5.60. The van der Waals surface area contributed by atoms with Gasteiger partial charge in [-0.15, -0.1) is 0 Å². The van der Waals surface area contributed by atoms with Crippen LogP contribution >= 0.6 is 0 Å². The molecule has 17 heavy (non-hydrogen) atoms. The van der Waals surface area contributed by atoms with Crippen LogP contribution in [0.1, 0.15) is 15.9 Å². The van der Waals surface area contributed by atoms with Gasteiger partial charge < -0.3 is 9.84 Å². The quantitative estimate of drug-likeness (QED) is 0.646. The Hall–Kier alpha value is -1.29. The number of hydrogen-bond donors (Lipinski definition) is 1. The van der Waals surface area contributed by atoms with E-state index in [-0.39, 0.29) is 5.75 Å². The van der Waals surface area contributed by atoms with Crippen LogP contribution < -0.4 is 4.74 Å². The van der Waals surface area contributed by atoms with E-state index in [9.17, 15) is 9.90 Å². The molecule has 4 heteroatoms. The molecule has 1 aromatic rings. The predicted octanol–water partition coefficient (Wildman–Crippen LogP) is 3.23. The van der Waals surface area contributed by atoms with Crippen LogP contribution in [0, 0.1) is 6.92 Å². The number of aryl methyl sites for hydroxylation is 1. The number of rotatable bonds is 5. The maximum Gasteiger partial charge on any atom is 0.154 e. The van der Waals surface area contributed by atoms with Gasteiger partial charge in [-0.1, -0.05) is 19.6 Å². The lowest BCUT2D eigenvalue weighted by Gasteiger charge is -2.16. The maximum absolute atomic E-state index is 10.7. The first-order valence-electron chi connectivity index (χ1n) is 5.75. The normalized spacial score (nSPS) is 11.3. The number of aldehydes is 1. The van der Waals surface area contributed by atoms with Crippen LogP contribution in [0.5, 0.6) is 11.5 Å². The Morgan fingerprint density at radius 2 is 2.00 bits per heavy atom.